The van der Waals surface area contributed by atoms with Crippen molar-refractivity contribution in [1.82, 2.24) is 15.2 Å². The van der Waals surface area contributed by atoms with Crippen LogP contribution in [0.3, 0.4) is 0 Å². The van der Waals surface area contributed by atoms with Crippen LogP contribution < -0.4 is 5.32 Å². The Morgan fingerprint density at radius 3 is 3.19 bits per heavy atom. The van der Waals surface area contributed by atoms with Crippen molar-refractivity contribution in [2.24, 2.45) is 0 Å². The zero-order valence-corrected chi connectivity index (χ0v) is 10.2. The van der Waals surface area contributed by atoms with Gasteiger partial charge in [0.2, 0.25) is 0 Å². The summed E-state index contributed by atoms with van der Waals surface area (Å²) in [6.45, 7) is 8.75. The molecule has 0 spiro atoms. The lowest BCUT2D eigenvalue weighted by Crippen LogP contribution is -2.49. The van der Waals surface area contributed by atoms with Crippen molar-refractivity contribution in [2.45, 2.75) is 32.9 Å². The largest absolute Gasteiger partial charge is 0.311 e. The lowest BCUT2D eigenvalue weighted by Gasteiger charge is -2.33. The monoisotopic (exact) mass is 219 g/mol. The molecule has 1 aliphatic heterocycles. The van der Waals surface area contributed by atoms with Crippen LogP contribution in [0.5, 0.6) is 0 Å². The molecule has 88 valence electrons. The highest BCUT2D eigenvalue weighted by Gasteiger charge is 2.18. The van der Waals surface area contributed by atoms with Gasteiger partial charge in [-0.2, -0.15) is 0 Å². The molecule has 1 aromatic rings. The summed E-state index contributed by atoms with van der Waals surface area (Å²) in [4.78, 5) is 6.96. The Bertz CT molecular complexity index is 338. The maximum Gasteiger partial charge on any atom is 0.0573 e. The molecule has 1 aliphatic rings. The molecule has 0 bridgehead atoms. The van der Waals surface area contributed by atoms with E-state index < -0.39 is 0 Å². The number of nitrogens with one attached hydrogen (secondary N) is 1. The molecule has 1 atom stereocenters. The van der Waals surface area contributed by atoms with Gasteiger partial charge in [0, 0.05) is 38.4 Å². The summed E-state index contributed by atoms with van der Waals surface area (Å²) in [5.74, 6) is 0. The predicted octanol–water partition coefficient (Wildman–Crippen LogP) is 1.57. The Morgan fingerprint density at radius 2 is 2.44 bits per heavy atom. The van der Waals surface area contributed by atoms with E-state index in [0.29, 0.717) is 6.04 Å². The summed E-state index contributed by atoms with van der Waals surface area (Å²) < 4.78 is 0. The van der Waals surface area contributed by atoms with Crippen LogP contribution in [0.15, 0.2) is 18.3 Å². The Kier molecular flexibility index (Phi) is 3.91. The summed E-state index contributed by atoms with van der Waals surface area (Å²) in [7, 11) is 0. The quantitative estimate of drug-likeness (QED) is 0.836. The summed E-state index contributed by atoms with van der Waals surface area (Å²) in [5, 5.41) is 3.54. The summed E-state index contributed by atoms with van der Waals surface area (Å²) in [6, 6.07) is 4.80. The third-order valence-corrected chi connectivity index (χ3v) is 3.32. The zero-order valence-electron chi connectivity index (χ0n) is 10.2. The van der Waals surface area contributed by atoms with E-state index in [1.165, 1.54) is 17.7 Å². The molecule has 1 aromatic heterocycles. The molecule has 1 N–H and O–H groups in total. The standard InChI is InChI=1S/C13H21N3/c1-3-12-9-16(8-7-14-12)10-13-11(2)5-4-6-15-13/h4-6,12,14H,3,7-10H2,1-2H3. The Balaban J connectivity index is 1.97. The number of hydrogen-bond acceptors (Lipinski definition) is 3. The second-order valence-electron chi connectivity index (χ2n) is 4.56. The lowest BCUT2D eigenvalue weighted by atomic mass is 10.1. The van der Waals surface area contributed by atoms with E-state index in [-0.39, 0.29) is 0 Å². The molecular weight excluding hydrogens is 198 g/mol. The lowest BCUT2D eigenvalue weighted by molar-refractivity contribution is 0.187. The van der Waals surface area contributed by atoms with Gasteiger partial charge in [0.1, 0.15) is 0 Å². The molecule has 2 heterocycles. The van der Waals surface area contributed by atoms with Gasteiger partial charge in [-0.3, -0.25) is 9.88 Å². The number of nitrogens with zero attached hydrogens (tertiary/aromatic N) is 2. The van der Waals surface area contributed by atoms with Crippen molar-refractivity contribution in [3.05, 3.63) is 29.6 Å². The fraction of sp³-hybridized carbons (Fsp3) is 0.615. The SMILES string of the molecule is CCC1CN(Cc2ncccc2C)CCN1. The summed E-state index contributed by atoms with van der Waals surface area (Å²) >= 11 is 0. The highest BCUT2D eigenvalue weighted by Crippen LogP contribution is 2.10. The first kappa shape index (κ1) is 11.6. The Morgan fingerprint density at radius 1 is 1.56 bits per heavy atom. The minimum atomic E-state index is 0.651. The van der Waals surface area contributed by atoms with Gasteiger partial charge in [-0.15, -0.1) is 0 Å². The van der Waals surface area contributed by atoms with E-state index in [0.717, 1.165) is 26.2 Å². The number of hydrogen-bond donors (Lipinski definition) is 1. The summed E-state index contributed by atoms with van der Waals surface area (Å²) in [6.07, 6.45) is 3.10. The van der Waals surface area contributed by atoms with E-state index >= 15 is 0 Å². The van der Waals surface area contributed by atoms with Crippen molar-refractivity contribution in [2.75, 3.05) is 19.6 Å². The van der Waals surface area contributed by atoms with Gasteiger partial charge in [-0.1, -0.05) is 13.0 Å². The third-order valence-electron chi connectivity index (χ3n) is 3.32. The first-order chi connectivity index (χ1) is 7.79. The maximum absolute atomic E-state index is 4.46. The van der Waals surface area contributed by atoms with Crippen molar-refractivity contribution in [1.29, 1.82) is 0 Å². The third kappa shape index (κ3) is 2.80. The van der Waals surface area contributed by atoms with Crippen molar-refractivity contribution < 1.29 is 0 Å². The summed E-state index contributed by atoms with van der Waals surface area (Å²) in [5.41, 5.74) is 2.52. The van der Waals surface area contributed by atoms with Gasteiger partial charge < -0.3 is 5.32 Å². The van der Waals surface area contributed by atoms with Crippen LogP contribution >= 0.6 is 0 Å². The first-order valence-electron chi connectivity index (χ1n) is 6.16. The van der Waals surface area contributed by atoms with Crippen molar-refractivity contribution >= 4 is 0 Å². The molecule has 3 nitrogen and oxygen atoms in total. The zero-order chi connectivity index (χ0) is 11.4. The predicted molar refractivity (Wildman–Crippen MR) is 66.3 cm³/mol. The van der Waals surface area contributed by atoms with Crippen LogP contribution in [0.4, 0.5) is 0 Å². The number of pyridine rings is 1. The minimum absolute atomic E-state index is 0.651. The van der Waals surface area contributed by atoms with Crippen LogP contribution in [0, 0.1) is 6.92 Å². The average Bonchev–Trinajstić information content (AvgIpc) is 2.32. The van der Waals surface area contributed by atoms with Crippen LogP contribution in [0.1, 0.15) is 24.6 Å². The molecule has 0 aromatic carbocycles. The second-order valence-corrected chi connectivity index (χ2v) is 4.56. The molecule has 16 heavy (non-hydrogen) atoms. The average molecular weight is 219 g/mol. The molecule has 3 heteroatoms. The van der Waals surface area contributed by atoms with Crippen LogP contribution in [0.2, 0.25) is 0 Å². The van der Waals surface area contributed by atoms with Gasteiger partial charge in [-0.25, -0.2) is 0 Å². The van der Waals surface area contributed by atoms with E-state index in [1.807, 2.05) is 12.3 Å². The number of aryl methyl sites for hydroxylation is 1. The molecule has 0 amide bonds. The molecule has 1 unspecified atom stereocenters. The smallest absolute Gasteiger partial charge is 0.0573 e. The minimum Gasteiger partial charge on any atom is -0.311 e. The van der Waals surface area contributed by atoms with Gasteiger partial charge in [0.05, 0.1) is 5.69 Å². The van der Waals surface area contributed by atoms with Crippen LogP contribution in [-0.4, -0.2) is 35.6 Å². The van der Waals surface area contributed by atoms with Crippen molar-refractivity contribution in [3.8, 4) is 0 Å². The normalized spacial score (nSPS) is 22.2. The maximum atomic E-state index is 4.46. The Labute approximate surface area is 97.9 Å². The molecule has 0 aliphatic carbocycles. The van der Waals surface area contributed by atoms with Gasteiger partial charge in [-0.05, 0) is 25.0 Å². The van der Waals surface area contributed by atoms with Gasteiger partial charge >= 0.3 is 0 Å². The second kappa shape index (κ2) is 5.41. The van der Waals surface area contributed by atoms with Crippen LogP contribution in [-0.2, 0) is 6.54 Å². The molecule has 0 saturated carbocycles. The highest BCUT2D eigenvalue weighted by atomic mass is 15.2. The van der Waals surface area contributed by atoms with E-state index in [1.54, 1.807) is 0 Å². The molecule has 0 radical (unpaired) electrons. The number of aromatic nitrogens is 1. The molecule has 2 rings (SSSR count). The molecular formula is C13H21N3. The fourth-order valence-corrected chi connectivity index (χ4v) is 2.21. The van der Waals surface area contributed by atoms with E-state index in [9.17, 15) is 0 Å². The highest BCUT2D eigenvalue weighted by molar-refractivity contribution is 5.17. The molecule has 1 saturated heterocycles. The molecule has 1 fully saturated rings. The topological polar surface area (TPSA) is 28.2 Å². The fourth-order valence-electron chi connectivity index (χ4n) is 2.21. The van der Waals surface area contributed by atoms with E-state index in [2.05, 4.69) is 35.1 Å². The Hall–Kier alpha value is -0.930. The van der Waals surface area contributed by atoms with Crippen molar-refractivity contribution in [3.63, 3.8) is 0 Å². The van der Waals surface area contributed by atoms with Gasteiger partial charge in [0.25, 0.3) is 0 Å². The number of rotatable bonds is 3. The first-order valence-corrected chi connectivity index (χ1v) is 6.16. The van der Waals surface area contributed by atoms with Gasteiger partial charge in [0.15, 0.2) is 0 Å². The van der Waals surface area contributed by atoms with E-state index in [4.69, 9.17) is 0 Å². The number of piperazine rings is 1. The van der Waals surface area contributed by atoms with Crippen LogP contribution in [0.25, 0.3) is 0 Å².